The quantitative estimate of drug-likeness (QED) is 0.459. The van der Waals surface area contributed by atoms with E-state index in [4.69, 9.17) is 14.2 Å². The number of hydrogen-bond donors (Lipinski definition) is 0. The van der Waals surface area contributed by atoms with Gasteiger partial charge in [-0.1, -0.05) is 40.5 Å². The van der Waals surface area contributed by atoms with E-state index in [2.05, 4.69) is 13.8 Å². The zero-order valence-corrected chi connectivity index (χ0v) is 21.2. The number of carbonyl (C=O) groups is 4. The molecule has 0 radical (unpaired) electrons. The van der Waals surface area contributed by atoms with Gasteiger partial charge in [-0.3, -0.25) is 19.2 Å². The van der Waals surface area contributed by atoms with Crippen molar-refractivity contribution in [3.05, 3.63) is 11.1 Å². The van der Waals surface area contributed by atoms with Crippen LogP contribution in [0.5, 0.6) is 0 Å². The molecule has 184 valence electrons. The van der Waals surface area contributed by atoms with Crippen LogP contribution in [0.15, 0.2) is 11.1 Å². The Kier molecular flexibility index (Phi) is 6.84. The Morgan fingerprint density at radius 2 is 1.52 bits per heavy atom. The molecule has 33 heavy (non-hydrogen) atoms. The molecule has 0 aromatic heterocycles. The van der Waals surface area contributed by atoms with Crippen LogP contribution < -0.4 is 0 Å². The summed E-state index contributed by atoms with van der Waals surface area (Å²) in [7, 11) is 0. The summed E-state index contributed by atoms with van der Waals surface area (Å²) in [6.45, 7) is 14.0. The summed E-state index contributed by atoms with van der Waals surface area (Å²) in [5.41, 5.74) is -0.0493. The van der Waals surface area contributed by atoms with Gasteiger partial charge in [-0.25, -0.2) is 0 Å². The molecule has 0 amide bonds. The third kappa shape index (κ3) is 4.35. The average Bonchev–Trinajstić information content (AvgIpc) is 2.66. The predicted molar refractivity (Wildman–Crippen MR) is 121 cm³/mol. The highest BCUT2D eigenvalue weighted by Crippen LogP contribution is 2.60. The highest BCUT2D eigenvalue weighted by atomic mass is 16.6. The molecule has 0 heterocycles. The van der Waals surface area contributed by atoms with Crippen molar-refractivity contribution < 1.29 is 33.4 Å². The van der Waals surface area contributed by atoms with E-state index in [1.165, 1.54) is 20.8 Å². The Bertz CT molecular complexity index is 885. The smallest absolute Gasteiger partial charge is 0.303 e. The van der Waals surface area contributed by atoms with Crippen LogP contribution >= 0.6 is 0 Å². The minimum absolute atomic E-state index is 0.0581. The standard InChI is InChI=1S/C26H38O7/c1-13-10-9-11-26(8)20(13)22(31-15(3)27)18-12-19(30)14(2)21(25(18,6)7)23(32-16(4)28)24(26)33-17(5)29/h13,18,20,22-24H,9-12H2,1-8H3/t13-,18+,20+,22-,23-,24+,26-/m1/s1. The molecule has 0 unspecified atom stereocenters. The van der Waals surface area contributed by atoms with Gasteiger partial charge in [0.15, 0.2) is 11.9 Å². The summed E-state index contributed by atoms with van der Waals surface area (Å²) >= 11 is 0. The molecule has 0 aliphatic heterocycles. The van der Waals surface area contributed by atoms with Crippen molar-refractivity contribution in [2.75, 3.05) is 0 Å². The fraction of sp³-hybridized carbons (Fsp3) is 0.769. The molecule has 0 saturated heterocycles. The van der Waals surface area contributed by atoms with E-state index in [9.17, 15) is 19.2 Å². The second-order valence-corrected chi connectivity index (χ2v) is 11.0. The Morgan fingerprint density at radius 3 is 2.06 bits per heavy atom. The molecule has 7 heteroatoms. The van der Waals surface area contributed by atoms with E-state index in [0.29, 0.717) is 11.1 Å². The van der Waals surface area contributed by atoms with Crippen molar-refractivity contribution in [2.24, 2.45) is 28.6 Å². The minimum atomic E-state index is -0.885. The van der Waals surface area contributed by atoms with Gasteiger partial charge in [0.1, 0.15) is 12.2 Å². The molecule has 7 atom stereocenters. The largest absolute Gasteiger partial charge is 0.462 e. The van der Waals surface area contributed by atoms with Crippen molar-refractivity contribution in [3.63, 3.8) is 0 Å². The van der Waals surface area contributed by atoms with E-state index in [-0.39, 0.29) is 30.0 Å². The fourth-order valence-corrected chi connectivity index (χ4v) is 7.15. The molecule has 0 N–H and O–H groups in total. The number of esters is 3. The van der Waals surface area contributed by atoms with Crippen molar-refractivity contribution in [2.45, 2.75) is 99.4 Å². The van der Waals surface area contributed by atoms with Crippen LogP contribution in [0.3, 0.4) is 0 Å². The summed E-state index contributed by atoms with van der Waals surface area (Å²) < 4.78 is 17.9. The first-order chi connectivity index (χ1) is 15.2. The van der Waals surface area contributed by atoms with Crippen LogP contribution in [-0.2, 0) is 33.4 Å². The number of Topliss-reactive ketones (excluding diaryl/α,β-unsaturated/α-hetero) is 1. The minimum Gasteiger partial charge on any atom is -0.462 e. The molecule has 7 nitrogen and oxygen atoms in total. The topological polar surface area (TPSA) is 96.0 Å². The van der Waals surface area contributed by atoms with Crippen LogP contribution in [0.2, 0.25) is 0 Å². The maximum absolute atomic E-state index is 13.2. The van der Waals surface area contributed by atoms with Gasteiger partial charge in [0.2, 0.25) is 0 Å². The molecule has 3 rings (SSSR count). The highest BCUT2D eigenvalue weighted by molar-refractivity contribution is 5.97. The summed E-state index contributed by atoms with van der Waals surface area (Å²) in [5.74, 6) is -1.72. The Balaban J connectivity index is 2.38. The lowest BCUT2D eigenvalue weighted by Crippen LogP contribution is -2.63. The molecule has 2 bridgehead atoms. The SMILES string of the molecule is CC(=O)O[C@H]1[C@@H]2[C@H](C)CCC[C@@]2(C)[C@@H](OC(C)=O)[C@H](OC(C)=O)C2=C(C)C(=O)C[C@@H]1C2(C)C. The lowest BCUT2D eigenvalue weighted by Gasteiger charge is -2.59. The number of rotatable bonds is 3. The summed E-state index contributed by atoms with van der Waals surface area (Å²) in [5, 5.41) is 0. The fourth-order valence-electron chi connectivity index (χ4n) is 7.15. The molecule has 2 fully saturated rings. The van der Waals surface area contributed by atoms with Gasteiger partial charge in [-0.2, -0.15) is 0 Å². The number of fused-ring (bicyclic) bond motifs is 3. The van der Waals surface area contributed by atoms with Gasteiger partial charge in [-0.05, 0) is 35.8 Å². The van der Waals surface area contributed by atoms with Gasteiger partial charge in [0, 0.05) is 44.4 Å². The highest BCUT2D eigenvalue weighted by Gasteiger charge is 2.63. The maximum Gasteiger partial charge on any atom is 0.303 e. The zero-order chi connectivity index (χ0) is 24.9. The van der Waals surface area contributed by atoms with Crippen LogP contribution in [-0.4, -0.2) is 42.0 Å². The number of allylic oxidation sites excluding steroid dienone is 1. The predicted octanol–water partition coefficient (Wildman–Crippen LogP) is 4.17. The van der Waals surface area contributed by atoms with Crippen LogP contribution in [0.25, 0.3) is 0 Å². The molecule has 0 aromatic carbocycles. The Labute approximate surface area is 196 Å². The number of ether oxygens (including phenoxy) is 3. The maximum atomic E-state index is 13.2. The van der Waals surface area contributed by atoms with Gasteiger partial charge in [0.05, 0.1) is 0 Å². The first-order valence-corrected chi connectivity index (χ1v) is 12.0. The molecular weight excluding hydrogens is 424 g/mol. The Morgan fingerprint density at radius 1 is 0.939 bits per heavy atom. The van der Waals surface area contributed by atoms with Gasteiger partial charge < -0.3 is 14.2 Å². The van der Waals surface area contributed by atoms with E-state index < -0.39 is 47.0 Å². The third-order valence-electron chi connectivity index (χ3n) is 8.45. The molecule has 3 aliphatic carbocycles. The van der Waals surface area contributed by atoms with E-state index >= 15 is 0 Å². The molecule has 0 spiro atoms. The second-order valence-electron chi connectivity index (χ2n) is 11.0. The third-order valence-corrected chi connectivity index (χ3v) is 8.45. The average molecular weight is 463 g/mol. The van der Waals surface area contributed by atoms with Gasteiger partial charge >= 0.3 is 17.9 Å². The summed E-state index contributed by atoms with van der Waals surface area (Å²) in [6, 6.07) is 0. The van der Waals surface area contributed by atoms with E-state index in [1.54, 1.807) is 6.92 Å². The van der Waals surface area contributed by atoms with Gasteiger partial charge in [-0.15, -0.1) is 0 Å². The molecule has 3 aliphatic rings. The lowest BCUT2D eigenvalue weighted by atomic mass is 9.48. The van der Waals surface area contributed by atoms with Crippen molar-refractivity contribution >= 4 is 23.7 Å². The van der Waals surface area contributed by atoms with E-state index in [1.807, 2.05) is 13.8 Å². The first kappa shape index (κ1) is 25.4. The summed E-state index contributed by atoms with van der Waals surface area (Å²) in [6.07, 6.45) is 0.613. The van der Waals surface area contributed by atoms with Crippen molar-refractivity contribution in [3.8, 4) is 0 Å². The molecular formula is C26H38O7. The normalized spacial score (nSPS) is 37.9. The monoisotopic (exact) mass is 462 g/mol. The number of ketones is 1. The number of carbonyl (C=O) groups excluding carboxylic acids is 4. The molecule has 0 aromatic rings. The lowest BCUT2D eigenvalue weighted by molar-refractivity contribution is -0.211. The van der Waals surface area contributed by atoms with Crippen LogP contribution in [0.1, 0.15) is 81.1 Å². The zero-order valence-electron chi connectivity index (χ0n) is 21.2. The van der Waals surface area contributed by atoms with Crippen LogP contribution in [0, 0.1) is 28.6 Å². The van der Waals surface area contributed by atoms with Crippen LogP contribution in [0.4, 0.5) is 0 Å². The Hall–Kier alpha value is -2.18. The first-order valence-electron chi connectivity index (χ1n) is 12.0. The summed E-state index contributed by atoms with van der Waals surface area (Å²) in [4.78, 5) is 50.2. The van der Waals surface area contributed by atoms with Gasteiger partial charge in [0.25, 0.3) is 0 Å². The molecule has 2 saturated carbocycles. The number of hydrogen-bond acceptors (Lipinski definition) is 7. The van der Waals surface area contributed by atoms with Crippen molar-refractivity contribution in [1.29, 1.82) is 0 Å². The van der Waals surface area contributed by atoms with E-state index in [0.717, 1.165) is 19.3 Å². The van der Waals surface area contributed by atoms with Crippen molar-refractivity contribution in [1.82, 2.24) is 0 Å². The second kappa shape index (κ2) is 8.88.